The number of hydrogen-bond acceptors (Lipinski definition) is 1. The van der Waals surface area contributed by atoms with Gasteiger partial charge in [0.15, 0.2) is 0 Å². The van der Waals surface area contributed by atoms with Crippen LogP contribution in [0.15, 0.2) is 71.1 Å². The summed E-state index contributed by atoms with van der Waals surface area (Å²) in [4.78, 5) is 2.37. The molecule has 0 aliphatic heterocycles. The fraction of sp³-hybridized carbons (Fsp3) is 0.250. The molecule has 0 aliphatic rings. The van der Waals surface area contributed by atoms with Crippen LogP contribution in [0.5, 0.6) is 0 Å². The molecule has 0 aromatic heterocycles. The highest BCUT2D eigenvalue weighted by Gasteiger charge is 1.98. The lowest BCUT2D eigenvalue weighted by Crippen LogP contribution is -1.78. The Morgan fingerprint density at radius 1 is 1.12 bits per heavy atom. The van der Waals surface area contributed by atoms with Crippen LogP contribution in [0.3, 0.4) is 0 Å². The molecule has 0 spiro atoms. The second-order valence-electron chi connectivity index (χ2n) is 3.36. The van der Waals surface area contributed by atoms with Gasteiger partial charge in [0.1, 0.15) is 0 Å². The first-order valence-corrected chi connectivity index (χ1v) is 6.66. The van der Waals surface area contributed by atoms with Gasteiger partial charge < -0.3 is 0 Å². The summed E-state index contributed by atoms with van der Waals surface area (Å²) >= 11 is 1.72. The summed E-state index contributed by atoms with van der Waals surface area (Å²) in [6.45, 7) is 13.8. The van der Waals surface area contributed by atoms with Crippen molar-refractivity contribution >= 4 is 11.8 Å². The van der Waals surface area contributed by atoms with E-state index in [0.717, 1.165) is 6.42 Å². The van der Waals surface area contributed by atoms with Crippen LogP contribution in [0.2, 0.25) is 0 Å². The van der Waals surface area contributed by atoms with E-state index >= 15 is 0 Å². The molecule has 0 heterocycles. The Morgan fingerprint density at radius 3 is 2.24 bits per heavy atom. The highest BCUT2D eigenvalue weighted by molar-refractivity contribution is 8.07. The van der Waals surface area contributed by atoms with Gasteiger partial charge in [0.2, 0.25) is 0 Å². The topological polar surface area (TPSA) is 0 Å². The van der Waals surface area contributed by atoms with Crippen molar-refractivity contribution in [2.75, 3.05) is 0 Å². The average Bonchev–Trinajstić information content (AvgIpc) is 2.38. The van der Waals surface area contributed by atoms with Crippen molar-refractivity contribution in [3.63, 3.8) is 0 Å². The second-order valence-corrected chi connectivity index (χ2v) is 4.50. The molecule has 0 aliphatic carbocycles. The van der Waals surface area contributed by atoms with Crippen LogP contribution in [0.4, 0.5) is 0 Å². The number of hydrogen-bond donors (Lipinski definition) is 0. The zero-order valence-corrected chi connectivity index (χ0v) is 11.9. The summed E-state index contributed by atoms with van der Waals surface area (Å²) in [5.74, 6) is 0. The molecule has 0 aromatic rings. The van der Waals surface area contributed by atoms with Gasteiger partial charge in [0.05, 0.1) is 0 Å². The molecule has 0 amide bonds. The van der Waals surface area contributed by atoms with Gasteiger partial charge in [-0.1, -0.05) is 67.8 Å². The van der Waals surface area contributed by atoms with Crippen LogP contribution in [0.1, 0.15) is 27.2 Å². The standard InChI is InChI=1S/C16H22S/c1-6-11-12-15(9-4)17-16(10-5)13-14(7-2)8-3/h6-7,9-13H,1,5,8H2,2-4H3/b12-11-,14-7-,15-9+,16-13+. The lowest BCUT2D eigenvalue weighted by atomic mass is 10.2. The Morgan fingerprint density at radius 2 is 1.82 bits per heavy atom. The maximum atomic E-state index is 3.86. The van der Waals surface area contributed by atoms with Crippen molar-refractivity contribution in [2.24, 2.45) is 0 Å². The minimum atomic E-state index is 1.04. The fourth-order valence-electron chi connectivity index (χ4n) is 1.19. The maximum absolute atomic E-state index is 3.86. The van der Waals surface area contributed by atoms with Crippen LogP contribution in [0, 0.1) is 0 Å². The fourth-order valence-corrected chi connectivity index (χ4v) is 2.02. The van der Waals surface area contributed by atoms with Crippen LogP contribution < -0.4 is 0 Å². The van der Waals surface area contributed by atoms with E-state index in [1.165, 1.54) is 15.4 Å². The lowest BCUT2D eigenvalue weighted by Gasteiger charge is -2.04. The zero-order valence-electron chi connectivity index (χ0n) is 11.1. The van der Waals surface area contributed by atoms with E-state index in [9.17, 15) is 0 Å². The molecule has 1 heteroatoms. The van der Waals surface area contributed by atoms with Crippen molar-refractivity contribution < 1.29 is 0 Å². The van der Waals surface area contributed by atoms with Crippen molar-refractivity contribution in [3.05, 3.63) is 71.1 Å². The highest BCUT2D eigenvalue weighted by atomic mass is 32.2. The van der Waals surface area contributed by atoms with Crippen molar-refractivity contribution in [1.29, 1.82) is 0 Å². The van der Waals surface area contributed by atoms with Gasteiger partial charge in [-0.15, -0.1) is 0 Å². The number of rotatable bonds is 7. The van der Waals surface area contributed by atoms with E-state index in [-0.39, 0.29) is 0 Å². The van der Waals surface area contributed by atoms with Gasteiger partial charge in [-0.05, 0) is 32.4 Å². The van der Waals surface area contributed by atoms with Gasteiger partial charge in [-0.25, -0.2) is 0 Å². The summed E-state index contributed by atoms with van der Waals surface area (Å²) in [6.07, 6.45) is 15.1. The third-order valence-corrected chi connectivity index (χ3v) is 3.35. The summed E-state index contributed by atoms with van der Waals surface area (Å²) < 4.78 is 0. The molecule has 0 bridgehead atoms. The molecule has 0 nitrogen and oxygen atoms in total. The van der Waals surface area contributed by atoms with E-state index < -0.39 is 0 Å². The van der Waals surface area contributed by atoms with Crippen LogP contribution in [-0.4, -0.2) is 0 Å². The monoisotopic (exact) mass is 246 g/mol. The van der Waals surface area contributed by atoms with E-state index in [1.807, 2.05) is 19.1 Å². The quantitative estimate of drug-likeness (QED) is 0.512. The second kappa shape index (κ2) is 9.98. The lowest BCUT2D eigenvalue weighted by molar-refractivity contribution is 1.14. The Balaban J connectivity index is 4.86. The molecular formula is C16H22S. The van der Waals surface area contributed by atoms with Gasteiger partial charge in [-0.2, -0.15) is 0 Å². The SMILES string of the molecule is C=C/C=C\C(=C/C)S/C(C=C)=C/C(=C\C)CC. The first-order chi connectivity index (χ1) is 8.21. The van der Waals surface area contributed by atoms with Crippen LogP contribution >= 0.6 is 11.8 Å². The minimum absolute atomic E-state index is 1.04. The van der Waals surface area contributed by atoms with Gasteiger partial charge in [-0.3, -0.25) is 0 Å². The predicted molar refractivity (Wildman–Crippen MR) is 83.0 cm³/mol. The van der Waals surface area contributed by atoms with Gasteiger partial charge in [0.25, 0.3) is 0 Å². The molecule has 0 N–H and O–H groups in total. The summed E-state index contributed by atoms with van der Waals surface area (Å²) in [5.41, 5.74) is 1.33. The number of thioether (sulfide) groups is 1. The molecule has 0 saturated carbocycles. The Hall–Kier alpha value is -1.21. The highest BCUT2D eigenvalue weighted by Crippen LogP contribution is 2.28. The van der Waals surface area contributed by atoms with E-state index in [1.54, 1.807) is 17.8 Å². The minimum Gasteiger partial charge on any atom is -0.0991 e. The van der Waals surface area contributed by atoms with E-state index in [0.29, 0.717) is 0 Å². The van der Waals surface area contributed by atoms with Crippen LogP contribution in [0.25, 0.3) is 0 Å². The van der Waals surface area contributed by atoms with E-state index in [4.69, 9.17) is 0 Å². The molecule has 0 rings (SSSR count). The van der Waals surface area contributed by atoms with Gasteiger partial charge in [0, 0.05) is 9.81 Å². The molecular weight excluding hydrogens is 224 g/mol. The molecule has 0 atom stereocenters. The van der Waals surface area contributed by atoms with Crippen LogP contribution in [-0.2, 0) is 0 Å². The maximum Gasteiger partial charge on any atom is 0.0118 e. The molecule has 0 unspecified atom stereocenters. The molecule has 0 aromatic carbocycles. The van der Waals surface area contributed by atoms with Crippen molar-refractivity contribution in [2.45, 2.75) is 27.2 Å². The first-order valence-electron chi connectivity index (χ1n) is 5.84. The average molecular weight is 246 g/mol. The normalized spacial score (nSPS) is 14.2. The molecule has 92 valence electrons. The molecule has 0 radical (unpaired) electrons. The molecule has 17 heavy (non-hydrogen) atoms. The number of allylic oxidation sites excluding steroid dienone is 8. The van der Waals surface area contributed by atoms with Crippen molar-refractivity contribution in [3.8, 4) is 0 Å². The molecule has 0 fully saturated rings. The Kier molecular flexibility index (Phi) is 9.27. The zero-order chi connectivity index (χ0) is 13.1. The Bertz CT molecular complexity index is 365. The summed E-state index contributed by atoms with van der Waals surface area (Å²) in [5, 5.41) is 0. The van der Waals surface area contributed by atoms with E-state index in [2.05, 4.69) is 51.3 Å². The summed E-state index contributed by atoms with van der Waals surface area (Å²) in [6, 6.07) is 0. The molecule has 0 saturated heterocycles. The largest absolute Gasteiger partial charge is 0.0991 e. The predicted octanol–water partition coefficient (Wildman–Crippen LogP) is 5.79. The first kappa shape index (κ1) is 15.8. The third kappa shape index (κ3) is 6.85. The smallest absolute Gasteiger partial charge is 0.0118 e. The van der Waals surface area contributed by atoms with Gasteiger partial charge >= 0.3 is 0 Å². The Labute approximate surface area is 110 Å². The summed E-state index contributed by atoms with van der Waals surface area (Å²) in [7, 11) is 0. The third-order valence-electron chi connectivity index (χ3n) is 2.22. The van der Waals surface area contributed by atoms with Crippen molar-refractivity contribution in [1.82, 2.24) is 0 Å².